The van der Waals surface area contributed by atoms with Gasteiger partial charge in [0.15, 0.2) is 0 Å². The summed E-state index contributed by atoms with van der Waals surface area (Å²) in [6, 6.07) is 0. The first kappa shape index (κ1) is 11.5. The van der Waals surface area contributed by atoms with Gasteiger partial charge >= 0.3 is 6.18 Å². The number of allylic oxidation sites excluding steroid dienone is 3. The van der Waals surface area contributed by atoms with Crippen LogP contribution in [0.2, 0.25) is 0 Å². The van der Waals surface area contributed by atoms with Crippen molar-refractivity contribution in [2.45, 2.75) is 30.3 Å². The minimum Gasteiger partial charge on any atom is -0.355 e. The molecule has 0 radical (unpaired) electrons. The second kappa shape index (κ2) is 3.23. The van der Waals surface area contributed by atoms with Gasteiger partial charge in [0.05, 0.1) is 6.42 Å². The summed E-state index contributed by atoms with van der Waals surface area (Å²) in [6.45, 7) is 4.35. The second-order valence-electron chi connectivity index (χ2n) is 5.25. The smallest absolute Gasteiger partial charge is 0.355 e. The second-order valence-corrected chi connectivity index (χ2v) is 8.83. The summed E-state index contributed by atoms with van der Waals surface area (Å²) in [4.78, 5) is 0. The lowest BCUT2D eigenvalue weighted by molar-refractivity contribution is -0.129. The lowest BCUT2D eigenvalue weighted by Crippen LogP contribution is -2.46. The van der Waals surface area contributed by atoms with E-state index in [1.807, 2.05) is 4.67 Å². The van der Waals surface area contributed by atoms with E-state index >= 15 is 0 Å². The van der Waals surface area contributed by atoms with E-state index in [1.54, 1.807) is 0 Å². The van der Waals surface area contributed by atoms with Gasteiger partial charge in [0.1, 0.15) is 0 Å². The van der Waals surface area contributed by atoms with Crippen molar-refractivity contribution in [3.05, 3.63) is 24.4 Å². The Balaban J connectivity index is 1.79. The molecule has 2 aliphatic heterocycles. The Kier molecular flexibility index (Phi) is 2.17. The van der Waals surface area contributed by atoms with E-state index < -0.39 is 19.6 Å². The fourth-order valence-corrected chi connectivity index (χ4v) is 7.82. The highest BCUT2D eigenvalue weighted by molar-refractivity contribution is 7.75. The van der Waals surface area contributed by atoms with Gasteiger partial charge in [-0.15, -0.1) is 0 Å². The molecule has 2 saturated heterocycles. The van der Waals surface area contributed by atoms with Crippen LogP contribution in [-0.4, -0.2) is 35.0 Å². The molecule has 4 unspecified atom stereocenters. The van der Waals surface area contributed by atoms with Crippen LogP contribution in [0.1, 0.15) is 12.8 Å². The van der Waals surface area contributed by atoms with E-state index in [0.717, 1.165) is 13.0 Å². The van der Waals surface area contributed by atoms with E-state index in [0.29, 0.717) is 17.2 Å². The van der Waals surface area contributed by atoms with Crippen molar-refractivity contribution in [2.75, 3.05) is 6.54 Å². The van der Waals surface area contributed by atoms with Gasteiger partial charge in [0.2, 0.25) is 0 Å². The quantitative estimate of drug-likeness (QED) is 0.543. The van der Waals surface area contributed by atoms with Crippen molar-refractivity contribution in [3.63, 3.8) is 0 Å². The molecule has 4 atom stereocenters. The predicted molar refractivity (Wildman–Crippen MR) is 65.4 cm³/mol. The van der Waals surface area contributed by atoms with Gasteiger partial charge in [-0.25, -0.2) is 0 Å². The maximum Gasteiger partial charge on any atom is 0.394 e. The first-order valence-corrected chi connectivity index (χ1v) is 7.82. The highest BCUT2D eigenvalue weighted by atomic mass is 31.2. The van der Waals surface area contributed by atoms with Gasteiger partial charge in [-0.1, -0.05) is 25.0 Å². The molecule has 3 rings (SSSR count). The number of halogens is 3. The van der Waals surface area contributed by atoms with E-state index in [-0.39, 0.29) is 5.70 Å². The lowest BCUT2D eigenvalue weighted by atomic mass is 10.1. The molecule has 0 aromatic rings. The molecular weight excluding hydrogens is 246 g/mol. The topological polar surface area (TPSA) is 3.24 Å². The fourth-order valence-electron chi connectivity index (χ4n) is 3.48. The SMILES string of the molecule is C=C(CC(F)(F)F)N1CC2C3C=CC(C3)P21=C. The third kappa shape index (κ3) is 1.46. The summed E-state index contributed by atoms with van der Waals surface area (Å²) in [5.41, 5.74) is 1.16. The predicted octanol–water partition coefficient (Wildman–Crippen LogP) is 3.46. The van der Waals surface area contributed by atoms with Crippen LogP contribution in [0.5, 0.6) is 0 Å². The zero-order valence-electron chi connectivity index (χ0n) is 9.45. The third-order valence-electron chi connectivity index (χ3n) is 4.32. The van der Waals surface area contributed by atoms with Crippen molar-refractivity contribution in [2.24, 2.45) is 5.92 Å². The van der Waals surface area contributed by atoms with Gasteiger partial charge in [0, 0.05) is 23.6 Å². The zero-order valence-corrected chi connectivity index (χ0v) is 10.3. The van der Waals surface area contributed by atoms with Crippen LogP contribution >= 0.6 is 7.04 Å². The highest BCUT2D eigenvalue weighted by Crippen LogP contribution is 2.77. The molecule has 0 amide bonds. The maximum atomic E-state index is 12.4. The lowest BCUT2D eigenvalue weighted by Gasteiger charge is -2.56. The minimum absolute atomic E-state index is 0.220. The number of nitrogens with zero attached hydrogens (tertiary/aromatic N) is 1. The standard InChI is InChI=1S/C12H15F3NP/c1-8(6-12(13,14)15)16-7-11-9-3-4-10(5-9)17(11,16)2/h3-4,9-11H,1-2,5-7H2. The molecular formula is C12H15F3NP. The third-order valence-corrected chi connectivity index (χ3v) is 8.89. The number of hydrogen-bond acceptors (Lipinski definition) is 1. The molecule has 94 valence electrons. The van der Waals surface area contributed by atoms with Crippen LogP contribution in [0.15, 0.2) is 24.4 Å². The Morgan fingerprint density at radius 2 is 2.12 bits per heavy atom. The van der Waals surface area contributed by atoms with Crippen molar-refractivity contribution in [3.8, 4) is 0 Å². The molecule has 1 aliphatic carbocycles. The molecule has 3 aliphatic rings. The minimum atomic E-state index is -4.16. The average molecular weight is 261 g/mol. The molecule has 5 heteroatoms. The van der Waals surface area contributed by atoms with E-state index in [9.17, 15) is 13.2 Å². The van der Waals surface area contributed by atoms with Crippen LogP contribution in [0.25, 0.3) is 0 Å². The molecule has 0 aromatic carbocycles. The maximum absolute atomic E-state index is 12.4. The van der Waals surface area contributed by atoms with E-state index in [4.69, 9.17) is 0 Å². The Morgan fingerprint density at radius 1 is 1.41 bits per heavy atom. The average Bonchev–Trinajstić information content (AvgIpc) is 2.66. The van der Waals surface area contributed by atoms with Crippen LogP contribution in [0, 0.1) is 5.92 Å². The molecule has 0 saturated carbocycles. The van der Waals surface area contributed by atoms with Crippen LogP contribution in [0.3, 0.4) is 0 Å². The van der Waals surface area contributed by atoms with Crippen molar-refractivity contribution in [1.82, 2.24) is 4.67 Å². The van der Waals surface area contributed by atoms with E-state index in [2.05, 4.69) is 25.0 Å². The monoisotopic (exact) mass is 261 g/mol. The van der Waals surface area contributed by atoms with Gasteiger partial charge < -0.3 is 4.67 Å². The first-order valence-electron chi connectivity index (χ1n) is 5.76. The molecule has 2 heterocycles. The largest absolute Gasteiger partial charge is 0.394 e. The summed E-state index contributed by atoms with van der Waals surface area (Å²) >= 11 is 0. The molecule has 2 fully saturated rings. The zero-order chi connectivity index (χ0) is 12.4. The number of alkyl halides is 3. The summed E-state index contributed by atoms with van der Waals surface area (Å²) in [6.07, 6.45) is 4.74. The Bertz CT molecular complexity index is 451. The summed E-state index contributed by atoms with van der Waals surface area (Å²) < 4.78 is 39.0. The number of hydrogen-bond donors (Lipinski definition) is 0. The number of rotatable bonds is 2. The number of fused-ring (bicyclic) bond motifs is 5. The Hall–Kier alpha value is -0.630. The molecule has 1 nitrogen and oxygen atoms in total. The van der Waals surface area contributed by atoms with Gasteiger partial charge in [-0.2, -0.15) is 13.2 Å². The molecule has 0 spiro atoms. The van der Waals surface area contributed by atoms with Crippen LogP contribution in [0.4, 0.5) is 13.2 Å². The summed E-state index contributed by atoms with van der Waals surface area (Å²) in [5.74, 6) is 0.570. The van der Waals surface area contributed by atoms with E-state index in [1.165, 1.54) is 0 Å². The van der Waals surface area contributed by atoms with Gasteiger partial charge in [-0.05, 0) is 19.4 Å². The van der Waals surface area contributed by atoms with Crippen molar-refractivity contribution < 1.29 is 13.2 Å². The van der Waals surface area contributed by atoms with Crippen LogP contribution < -0.4 is 0 Å². The molecule has 17 heavy (non-hydrogen) atoms. The first-order chi connectivity index (χ1) is 7.82. The van der Waals surface area contributed by atoms with Gasteiger partial charge in [0.25, 0.3) is 0 Å². The fraction of sp³-hybridized carbons (Fsp3) is 0.583. The summed E-state index contributed by atoms with van der Waals surface area (Å²) in [7, 11) is -1.62. The molecule has 0 N–H and O–H groups in total. The van der Waals surface area contributed by atoms with Crippen molar-refractivity contribution in [1.29, 1.82) is 0 Å². The molecule has 2 bridgehead atoms. The highest BCUT2D eigenvalue weighted by Gasteiger charge is 2.58. The molecule has 0 aromatic heterocycles. The van der Waals surface area contributed by atoms with Crippen LogP contribution in [-0.2, 0) is 0 Å². The van der Waals surface area contributed by atoms with Crippen molar-refractivity contribution >= 4 is 13.3 Å². The van der Waals surface area contributed by atoms with Gasteiger partial charge in [-0.3, -0.25) is 0 Å². The Labute approximate surface area is 99.0 Å². The summed E-state index contributed by atoms with van der Waals surface area (Å²) in [5, 5.41) is 0. The Morgan fingerprint density at radius 3 is 2.71 bits per heavy atom. The normalized spacial score (nSPS) is 42.5.